The van der Waals surface area contributed by atoms with Crippen molar-refractivity contribution in [3.63, 3.8) is 0 Å². The van der Waals surface area contributed by atoms with Crippen molar-refractivity contribution in [2.45, 2.75) is 37.6 Å². The van der Waals surface area contributed by atoms with Crippen LogP contribution in [0.3, 0.4) is 0 Å². The minimum atomic E-state index is -0.742. The van der Waals surface area contributed by atoms with E-state index in [-0.39, 0.29) is 5.91 Å². The Kier molecular flexibility index (Phi) is 3.70. The van der Waals surface area contributed by atoms with E-state index in [2.05, 4.69) is 11.4 Å². The third-order valence-corrected chi connectivity index (χ3v) is 4.08. The van der Waals surface area contributed by atoms with Crippen molar-refractivity contribution in [3.8, 4) is 17.6 Å². The highest BCUT2D eigenvalue weighted by molar-refractivity contribution is 5.98. The molecule has 0 radical (unpaired) electrons. The zero-order chi connectivity index (χ0) is 14.7. The van der Waals surface area contributed by atoms with Crippen molar-refractivity contribution in [2.75, 3.05) is 13.2 Å². The van der Waals surface area contributed by atoms with Crippen LogP contribution in [0.2, 0.25) is 0 Å². The number of nitrogens with one attached hydrogen (secondary N) is 1. The van der Waals surface area contributed by atoms with Crippen LogP contribution in [0.5, 0.6) is 11.5 Å². The summed E-state index contributed by atoms with van der Waals surface area (Å²) in [5, 5.41) is 12.4. The second kappa shape index (κ2) is 5.65. The molecule has 0 bridgehead atoms. The first-order valence-corrected chi connectivity index (χ1v) is 7.36. The normalized spacial score (nSPS) is 19.4. The van der Waals surface area contributed by atoms with E-state index in [1.807, 2.05) is 0 Å². The quantitative estimate of drug-likeness (QED) is 0.906. The predicted molar refractivity (Wildman–Crippen MR) is 76.3 cm³/mol. The van der Waals surface area contributed by atoms with Crippen molar-refractivity contribution in [1.29, 1.82) is 5.26 Å². The maximum Gasteiger partial charge on any atom is 0.256 e. The number of hydrogen-bond acceptors (Lipinski definition) is 4. The molecule has 0 atom stereocenters. The molecule has 0 unspecified atom stereocenters. The number of amides is 1. The number of fused-ring (bicyclic) bond motifs is 1. The first kappa shape index (κ1) is 13.7. The van der Waals surface area contributed by atoms with Gasteiger partial charge in [0.25, 0.3) is 5.91 Å². The fraction of sp³-hybridized carbons (Fsp3) is 0.500. The predicted octanol–water partition coefficient (Wildman–Crippen LogP) is 2.41. The summed E-state index contributed by atoms with van der Waals surface area (Å²) in [7, 11) is 0. The highest BCUT2D eigenvalue weighted by Crippen LogP contribution is 2.34. The Balaban J connectivity index is 1.84. The number of rotatable bonds is 2. The number of para-hydroxylation sites is 1. The molecule has 0 spiro atoms. The minimum Gasteiger partial charge on any atom is -0.486 e. The van der Waals surface area contributed by atoms with Crippen LogP contribution < -0.4 is 14.8 Å². The zero-order valence-corrected chi connectivity index (χ0v) is 11.9. The second-order valence-electron chi connectivity index (χ2n) is 5.54. The molecule has 21 heavy (non-hydrogen) atoms. The summed E-state index contributed by atoms with van der Waals surface area (Å²) in [5.74, 6) is 0.800. The summed E-state index contributed by atoms with van der Waals surface area (Å²) >= 11 is 0. The summed E-state index contributed by atoms with van der Waals surface area (Å²) in [6, 6.07) is 7.55. The topological polar surface area (TPSA) is 71.4 Å². The van der Waals surface area contributed by atoms with Crippen molar-refractivity contribution in [2.24, 2.45) is 0 Å². The van der Waals surface area contributed by atoms with Crippen LogP contribution >= 0.6 is 0 Å². The van der Waals surface area contributed by atoms with Gasteiger partial charge in [0.2, 0.25) is 0 Å². The highest BCUT2D eigenvalue weighted by atomic mass is 16.6. The summed E-state index contributed by atoms with van der Waals surface area (Å²) in [6.07, 6.45) is 4.49. The van der Waals surface area contributed by atoms with Gasteiger partial charge >= 0.3 is 0 Å². The molecule has 1 aliphatic carbocycles. The van der Waals surface area contributed by atoms with Crippen LogP contribution in [-0.2, 0) is 0 Å². The van der Waals surface area contributed by atoms with E-state index < -0.39 is 5.54 Å². The van der Waals surface area contributed by atoms with Gasteiger partial charge < -0.3 is 14.8 Å². The largest absolute Gasteiger partial charge is 0.486 e. The van der Waals surface area contributed by atoms with Crippen LogP contribution in [0.1, 0.15) is 42.5 Å². The lowest BCUT2D eigenvalue weighted by Crippen LogP contribution is -2.48. The van der Waals surface area contributed by atoms with Crippen LogP contribution in [0.25, 0.3) is 0 Å². The van der Waals surface area contributed by atoms with E-state index in [9.17, 15) is 10.1 Å². The Morgan fingerprint density at radius 2 is 1.95 bits per heavy atom. The van der Waals surface area contributed by atoms with Gasteiger partial charge in [-0.15, -0.1) is 0 Å². The lowest BCUT2D eigenvalue weighted by molar-refractivity contribution is 0.0892. The van der Waals surface area contributed by atoms with Crippen molar-refractivity contribution < 1.29 is 14.3 Å². The molecule has 0 saturated heterocycles. The van der Waals surface area contributed by atoms with Gasteiger partial charge in [0, 0.05) is 0 Å². The van der Waals surface area contributed by atoms with Crippen LogP contribution in [0.4, 0.5) is 0 Å². The lowest BCUT2D eigenvalue weighted by Gasteiger charge is -2.32. The molecule has 1 amide bonds. The third kappa shape index (κ3) is 2.66. The smallest absolute Gasteiger partial charge is 0.256 e. The summed E-state index contributed by atoms with van der Waals surface area (Å²) in [6.45, 7) is 0.918. The van der Waals surface area contributed by atoms with Gasteiger partial charge in [0.05, 0.1) is 11.6 Å². The first-order valence-electron chi connectivity index (χ1n) is 7.36. The molecule has 1 N–H and O–H groups in total. The Bertz CT molecular complexity index is 586. The molecular formula is C16H18N2O3. The maximum atomic E-state index is 12.6. The average molecular weight is 286 g/mol. The molecular weight excluding hydrogens is 268 g/mol. The van der Waals surface area contributed by atoms with Crippen LogP contribution in [0.15, 0.2) is 18.2 Å². The van der Waals surface area contributed by atoms with E-state index in [1.165, 1.54) is 0 Å². The highest BCUT2D eigenvalue weighted by Gasteiger charge is 2.35. The molecule has 1 aliphatic heterocycles. The fourth-order valence-electron chi connectivity index (χ4n) is 2.96. The Hall–Kier alpha value is -2.22. The standard InChI is InChI=1S/C16H18N2O3/c17-11-16(7-2-1-3-8-16)18-15(19)12-5-4-6-13-14(12)21-10-9-20-13/h4-6H,1-3,7-10H2,(H,18,19). The second-order valence-corrected chi connectivity index (χ2v) is 5.54. The maximum absolute atomic E-state index is 12.6. The molecule has 1 saturated carbocycles. The number of carbonyl (C=O) groups excluding carboxylic acids is 1. The zero-order valence-electron chi connectivity index (χ0n) is 11.9. The molecule has 1 aromatic carbocycles. The van der Waals surface area contributed by atoms with Gasteiger partial charge in [-0.3, -0.25) is 4.79 Å². The molecule has 3 rings (SSSR count). The summed E-state index contributed by atoms with van der Waals surface area (Å²) in [5.41, 5.74) is -0.305. The van der Waals surface area contributed by atoms with Crippen molar-refractivity contribution in [1.82, 2.24) is 5.32 Å². The monoisotopic (exact) mass is 286 g/mol. The van der Waals surface area contributed by atoms with E-state index in [0.717, 1.165) is 19.3 Å². The van der Waals surface area contributed by atoms with E-state index in [4.69, 9.17) is 9.47 Å². The van der Waals surface area contributed by atoms with Crippen molar-refractivity contribution in [3.05, 3.63) is 23.8 Å². The fourth-order valence-corrected chi connectivity index (χ4v) is 2.96. The average Bonchev–Trinajstić information content (AvgIpc) is 2.55. The molecule has 1 aromatic rings. The summed E-state index contributed by atoms with van der Waals surface area (Å²) < 4.78 is 11.0. The van der Waals surface area contributed by atoms with Gasteiger partial charge in [0.1, 0.15) is 18.8 Å². The SMILES string of the molecule is N#CC1(NC(=O)c2cccc3c2OCCO3)CCCCC1. The number of nitrogens with zero attached hydrogens (tertiary/aromatic N) is 1. The summed E-state index contributed by atoms with van der Waals surface area (Å²) in [4.78, 5) is 12.6. The molecule has 2 aliphatic rings. The number of nitriles is 1. The Labute approximate surface area is 123 Å². The molecule has 1 fully saturated rings. The lowest BCUT2D eigenvalue weighted by atomic mass is 9.82. The Morgan fingerprint density at radius 1 is 1.19 bits per heavy atom. The van der Waals surface area contributed by atoms with Gasteiger partial charge in [-0.05, 0) is 25.0 Å². The van der Waals surface area contributed by atoms with Gasteiger partial charge in [0.15, 0.2) is 11.5 Å². The molecule has 5 heteroatoms. The van der Waals surface area contributed by atoms with Gasteiger partial charge in [-0.2, -0.15) is 5.26 Å². The Morgan fingerprint density at radius 3 is 2.71 bits per heavy atom. The number of hydrogen-bond donors (Lipinski definition) is 1. The number of carbonyl (C=O) groups is 1. The van der Waals surface area contributed by atoms with E-state index in [1.54, 1.807) is 18.2 Å². The van der Waals surface area contributed by atoms with Crippen LogP contribution in [0, 0.1) is 11.3 Å². The first-order chi connectivity index (χ1) is 10.2. The number of ether oxygens (including phenoxy) is 2. The third-order valence-electron chi connectivity index (χ3n) is 4.08. The molecule has 0 aromatic heterocycles. The van der Waals surface area contributed by atoms with E-state index >= 15 is 0 Å². The van der Waals surface area contributed by atoms with Crippen LogP contribution in [-0.4, -0.2) is 24.7 Å². The van der Waals surface area contributed by atoms with Gasteiger partial charge in [-0.25, -0.2) is 0 Å². The molecule has 5 nitrogen and oxygen atoms in total. The van der Waals surface area contributed by atoms with E-state index in [0.29, 0.717) is 43.1 Å². The minimum absolute atomic E-state index is 0.263. The number of benzene rings is 1. The van der Waals surface area contributed by atoms with Crippen molar-refractivity contribution >= 4 is 5.91 Å². The molecule has 1 heterocycles. The van der Waals surface area contributed by atoms with Gasteiger partial charge in [-0.1, -0.05) is 25.3 Å². The molecule has 110 valence electrons.